The highest BCUT2D eigenvalue weighted by molar-refractivity contribution is 7.10. The van der Waals surface area contributed by atoms with Crippen molar-refractivity contribution in [1.82, 2.24) is 15.1 Å². The van der Waals surface area contributed by atoms with Gasteiger partial charge in [-0.15, -0.1) is 11.3 Å². The van der Waals surface area contributed by atoms with E-state index in [9.17, 15) is 9.90 Å². The number of β-amino-alcohol motifs (C(OH)–C–C–N with tert-alkyl or cyclic N) is 1. The number of aliphatic hydroxyl groups excluding tert-OH is 1. The van der Waals surface area contributed by atoms with Gasteiger partial charge in [-0.3, -0.25) is 14.6 Å². The molecule has 0 saturated carbocycles. The number of amides is 1. The topological polar surface area (TPSA) is 55.8 Å². The van der Waals surface area contributed by atoms with Crippen LogP contribution in [0.15, 0.2) is 47.8 Å². The minimum atomic E-state index is -0.298. The van der Waals surface area contributed by atoms with Gasteiger partial charge in [-0.1, -0.05) is 43.3 Å². The molecule has 0 radical (unpaired) electrons. The Morgan fingerprint density at radius 1 is 1.24 bits per heavy atom. The lowest BCUT2D eigenvalue weighted by Crippen LogP contribution is -2.54. The first kappa shape index (κ1) is 22.0. The highest BCUT2D eigenvalue weighted by Gasteiger charge is 2.27. The monoisotopic (exact) mass is 415 g/mol. The molecule has 1 aliphatic rings. The lowest BCUT2D eigenvalue weighted by atomic mass is 10.1. The molecule has 3 unspecified atom stereocenters. The quantitative estimate of drug-likeness (QED) is 0.661. The van der Waals surface area contributed by atoms with Crippen molar-refractivity contribution in [2.24, 2.45) is 0 Å². The maximum Gasteiger partial charge on any atom is 0.222 e. The van der Waals surface area contributed by atoms with E-state index in [2.05, 4.69) is 45.6 Å². The molecule has 0 spiro atoms. The summed E-state index contributed by atoms with van der Waals surface area (Å²) in [4.78, 5) is 18.7. The molecule has 5 nitrogen and oxygen atoms in total. The van der Waals surface area contributed by atoms with Crippen LogP contribution < -0.4 is 5.32 Å². The van der Waals surface area contributed by atoms with Crippen LogP contribution in [-0.2, 0) is 4.79 Å². The van der Waals surface area contributed by atoms with E-state index in [-0.39, 0.29) is 18.1 Å². The average Bonchev–Trinajstić information content (AvgIpc) is 3.26. The zero-order valence-corrected chi connectivity index (χ0v) is 18.3. The molecule has 158 valence electrons. The van der Waals surface area contributed by atoms with E-state index in [4.69, 9.17) is 0 Å². The molecule has 1 saturated heterocycles. The molecular formula is C23H33N3O2S. The molecule has 2 aromatic rings. The molecule has 1 aliphatic heterocycles. The number of carbonyl (C=O) groups is 1. The number of benzene rings is 1. The maximum absolute atomic E-state index is 12.7. The zero-order valence-electron chi connectivity index (χ0n) is 17.5. The minimum absolute atomic E-state index is 0.0880. The Bertz CT molecular complexity index is 736. The van der Waals surface area contributed by atoms with Crippen LogP contribution in [0.5, 0.6) is 0 Å². The Morgan fingerprint density at radius 3 is 2.69 bits per heavy atom. The molecule has 1 aromatic carbocycles. The summed E-state index contributed by atoms with van der Waals surface area (Å²) >= 11 is 1.67. The third-order valence-corrected chi connectivity index (χ3v) is 6.52. The van der Waals surface area contributed by atoms with Gasteiger partial charge < -0.3 is 10.4 Å². The van der Waals surface area contributed by atoms with Crippen LogP contribution in [0.1, 0.15) is 43.2 Å². The van der Waals surface area contributed by atoms with Gasteiger partial charge in [-0.05, 0) is 30.4 Å². The maximum atomic E-state index is 12.7. The van der Waals surface area contributed by atoms with Crippen molar-refractivity contribution in [3.05, 3.63) is 58.3 Å². The normalized spacial score (nSPS) is 20.3. The highest BCUT2D eigenvalue weighted by atomic mass is 32.1. The molecule has 0 aliphatic carbocycles. The molecule has 2 heterocycles. The van der Waals surface area contributed by atoms with E-state index in [1.54, 1.807) is 11.3 Å². The lowest BCUT2D eigenvalue weighted by molar-refractivity contribution is -0.122. The van der Waals surface area contributed by atoms with E-state index in [1.807, 2.05) is 31.2 Å². The molecule has 3 atom stereocenters. The van der Waals surface area contributed by atoms with Crippen molar-refractivity contribution in [3.63, 3.8) is 0 Å². The van der Waals surface area contributed by atoms with Crippen LogP contribution in [0, 0.1) is 0 Å². The van der Waals surface area contributed by atoms with Gasteiger partial charge in [0.2, 0.25) is 5.91 Å². The zero-order chi connectivity index (χ0) is 20.6. The lowest BCUT2D eigenvalue weighted by Gasteiger charge is -2.41. The summed E-state index contributed by atoms with van der Waals surface area (Å²) in [5, 5.41) is 15.0. The third kappa shape index (κ3) is 6.37. The van der Waals surface area contributed by atoms with Crippen molar-refractivity contribution >= 4 is 17.2 Å². The fraction of sp³-hybridized carbons (Fsp3) is 0.522. The minimum Gasteiger partial charge on any atom is -0.392 e. The summed E-state index contributed by atoms with van der Waals surface area (Å²) in [6, 6.07) is 14.6. The Labute approximate surface area is 178 Å². The van der Waals surface area contributed by atoms with Crippen LogP contribution in [0.25, 0.3) is 0 Å². The van der Waals surface area contributed by atoms with Crippen molar-refractivity contribution in [2.45, 2.75) is 44.9 Å². The van der Waals surface area contributed by atoms with Crippen molar-refractivity contribution in [3.8, 4) is 0 Å². The first-order chi connectivity index (χ1) is 14.1. The van der Waals surface area contributed by atoms with Crippen LogP contribution >= 0.6 is 11.3 Å². The predicted molar refractivity (Wildman–Crippen MR) is 119 cm³/mol. The van der Waals surface area contributed by atoms with E-state index >= 15 is 0 Å². The second-order valence-electron chi connectivity index (χ2n) is 7.88. The molecule has 6 heteroatoms. The van der Waals surface area contributed by atoms with Gasteiger partial charge in [0.15, 0.2) is 0 Å². The fourth-order valence-corrected chi connectivity index (χ4v) is 4.84. The number of rotatable bonds is 9. The highest BCUT2D eigenvalue weighted by Crippen LogP contribution is 2.26. The molecule has 1 aromatic heterocycles. The number of nitrogens with one attached hydrogen (secondary N) is 1. The fourth-order valence-electron chi connectivity index (χ4n) is 4.04. The largest absolute Gasteiger partial charge is 0.392 e. The van der Waals surface area contributed by atoms with E-state index in [0.29, 0.717) is 12.5 Å². The number of piperazine rings is 1. The van der Waals surface area contributed by atoms with Gasteiger partial charge in [0.25, 0.3) is 0 Å². The third-order valence-electron chi connectivity index (χ3n) is 5.58. The van der Waals surface area contributed by atoms with E-state index < -0.39 is 0 Å². The second kappa shape index (κ2) is 10.9. The first-order valence-corrected chi connectivity index (χ1v) is 11.5. The standard InChI is InChI=1S/C23H33N3O2S/c1-3-20-17-25(13-14-26(20)16-18(2)27)12-11-22(28)24-23(21-10-7-15-29-21)19-8-5-4-6-9-19/h4-10,15,18,20,23,27H,3,11-14,16-17H2,1-2H3,(H,24,28). The van der Waals surface area contributed by atoms with Gasteiger partial charge in [-0.25, -0.2) is 0 Å². The SMILES string of the molecule is CCC1CN(CCC(=O)NC(c2ccccc2)c2cccs2)CCN1CC(C)O. The molecule has 1 amide bonds. The van der Waals surface area contributed by atoms with Gasteiger partial charge in [0.05, 0.1) is 12.1 Å². The number of hydrogen-bond acceptors (Lipinski definition) is 5. The van der Waals surface area contributed by atoms with Crippen molar-refractivity contribution < 1.29 is 9.90 Å². The van der Waals surface area contributed by atoms with Crippen molar-refractivity contribution in [2.75, 3.05) is 32.7 Å². The Hall–Kier alpha value is -1.73. The predicted octanol–water partition coefficient (Wildman–Crippen LogP) is 3.12. The molecule has 2 N–H and O–H groups in total. The summed E-state index contributed by atoms with van der Waals surface area (Å²) < 4.78 is 0. The van der Waals surface area contributed by atoms with Crippen LogP contribution in [0.4, 0.5) is 0 Å². The Balaban J connectivity index is 1.53. The number of thiophene rings is 1. The summed E-state index contributed by atoms with van der Waals surface area (Å²) in [5.74, 6) is 0.0895. The summed E-state index contributed by atoms with van der Waals surface area (Å²) in [6.07, 6.45) is 1.26. The van der Waals surface area contributed by atoms with E-state index in [1.165, 1.54) is 0 Å². The number of hydrogen-bond donors (Lipinski definition) is 2. The van der Waals surface area contributed by atoms with E-state index in [0.717, 1.165) is 49.6 Å². The smallest absolute Gasteiger partial charge is 0.222 e. The van der Waals surface area contributed by atoms with Crippen molar-refractivity contribution in [1.29, 1.82) is 0 Å². The first-order valence-electron chi connectivity index (χ1n) is 10.6. The molecule has 3 rings (SSSR count). The van der Waals surface area contributed by atoms with Crippen LogP contribution in [-0.4, -0.2) is 65.7 Å². The number of carbonyl (C=O) groups excluding carboxylic acids is 1. The van der Waals surface area contributed by atoms with Crippen LogP contribution in [0.3, 0.4) is 0 Å². The summed E-state index contributed by atoms with van der Waals surface area (Å²) in [5.41, 5.74) is 1.11. The molecule has 0 bridgehead atoms. The molecule has 1 fully saturated rings. The summed E-state index contributed by atoms with van der Waals surface area (Å²) in [6.45, 7) is 8.41. The van der Waals surface area contributed by atoms with Gasteiger partial charge in [0.1, 0.15) is 0 Å². The Kier molecular flexibility index (Phi) is 8.24. The van der Waals surface area contributed by atoms with Gasteiger partial charge >= 0.3 is 0 Å². The van der Waals surface area contributed by atoms with Gasteiger partial charge in [-0.2, -0.15) is 0 Å². The second-order valence-corrected chi connectivity index (χ2v) is 8.86. The van der Waals surface area contributed by atoms with Crippen LogP contribution in [0.2, 0.25) is 0 Å². The number of nitrogens with zero attached hydrogens (tertiary/aromatic N) is 2. The average molecular weight is 416 g/mol. The number of aliphatic hydroxyl groups is 1. The Morgan fingerprint density at radius 2 is 2.03 bits per heavy atom. The molecular weight excluding hydrogens is 382 g/mol. The van der Waals surface area contributed by atoms with Gasteiger partial charge in [0, 0.05) is 50.1 Å². The molecule has 29 heavy (non-hydrogen) atoms. The summed E-state index contributed by atoms with van der Waals surface area (Å²) in [7, 11) is 0.